The van der Waals surface area contributed by atoms with E-state index < -0.39 is 0 Å². The van der Waals surface area contributed by atoms with E-state index in [0.717, 1.165) is 25.2 Å². The second-order valence-corrected chi connectivity index (χ2v) is 6.40. The predicted molar refractivity (Wildman–Crippen MR) is 73.7 cm³/mol. The van der Waals surface area contributed by atoms with Gasteiger partial charge in [-0.15, -0.1) is 0 Å². The van der Waals surface area contributed by atoms with E-state index >= 15 is 0 Å². The summed E-state index contributed by atoms with van der Waals surface area (Å²) in [6, 6.07) is 5.07. The van der Waals surface area contributed by atoms with Crippen molar-refractivity contribution >= 4 is 5.69 Å². The molecule has 1 aromatic carbocycles. The van der Waals surface area contributed by atoms with E-state index in [1.807, 2.05) is 6.07 Å². The Morgan fingerprint density at radius 1 is 1.39 bits per heavy atom. The molecule has 18 heavy (non-hydrogen) atoms. The smallest absolute Gasteiger partial charge is 0.146 e. The zero-order valence-corrected chi connectivity index (χ0v) is 11.5. The molecule has 0 amide bonds. The third-order valence-corrected chi connectivity index (χ3v) is 4.03. The van der Waals surface area contributed by atoms with Crippen LogP contribution in [0.2, 0.25) is 0 Å². The number of likely N-dealkylation sites (tertiary alicyclic amines) is 1. The topological polar surface area (TPSA) is 29.3 Å². The van der Waals surface area contributed by atoms with E-state index in [9.17, 15) is 4.39 Å². The predicted octanol–water partition coefficient (Wildman–Crippen LogP) is 3.28. The van der Waals surface area contributed by atoms with Crippen LogP contribution in [0.5, 0.6) is 0 Å². The van der Waals surface area contributed by atoms with Crippen molar-refractivity contribution in [2.24, 2.45) is 11.3 Å². The molecule has 100 valence electrons. The molecule has 1 unspecified atom stereocenters. The number of nitrogen functional groups attached to an aromatic ring is 1. The highest BCUT2D eigenvalue weighted by atomic mass is 19.1. The quantitative estimate of drug-likeness (QED) is 0.816. The number of nitrogens with two attached hydrogens (primary N) is 1. The van der Waals surface area contributed by atoms with Crippen LogP contribution in [0.1, 0.15) is 32.8 Å². The Kier molecular flexibility index (Phi) is 3.62. The van der Waals surface area contributed by atoms with Crippen LogP contribution in [-0.2, 0) is 6.54 Å². The molecule has 1 aliphatic rings. The van der Waals surface area contributed by atoms with Crippen molar-refractivity contribution in [1.29, 1.82) is 0 Å². The first-order valence-electron chi connectivity index (χ1n) is 6.63. The summed E-state index contributed by atoms with van der Waals surface area (Å²) in [5, 5.41) is 0. The molecule has 0 aromatic heterocycles. The maximum absolute atomic E-state index is 13.4. The van der Waals surface area contributed by atoms with E-state index in [-0.39, 0.29) is 5.82 Å². The average Bonchev–Trinajstić information content (AvgIpc) is 2.73. The molecule has 0 bridgehead atoms. The van der Waals surface area contributed by atoms with Gasteiger partial charge in [-0.2, -0.15) is 0 Å². The summed E-state index contributed by atoms with van der Waals surface area (Å²) in [5.41, 5.74) is 7.34. The number of para-hydroxylation sites is 1. The van der Waals surface area contributed by atoms with Crippen LogP contribution < -0.4 is 5.73 Å². The van der Waals surface area contributed by atoms with Gasteiger partial charge in [-0.1, -0.05) is 32.9 Å². The van der Waals surface area contributed by atoms with Crippen molar-refractivity contribution in [1.82, 2.24) is 4.90 Å². The lowest BCUT2D eigenvalue weighted by molar-refractivity contribution is 0.226. The van der Waals surface area contributed by atoms with Gasteiger partial charge >= 0.3 is 0 Å². The fourth-order valence-corrected chi connectivity index (χ4v) is 2.64. The lowest BCUT2D eigenvalue weighted by Gasteiger charge is -2.27. The largest absolute Gasteiger partial charge is 0.396 e. The normalized spacial score (nSPS) is 21.4. The first-order chi connectivity index (χ1) is 8.38. The van der Waals surface area contributed by atoms with E-state index in [0.29, 0.717) is 17.0 Å². The van der Waals surface area contributed by atoms with Gasteiger partial charge in [-0.05, 0) is 35.9 Å². The minimum atomic E-state index is -0.306. The monoisotopic (exact) mass is 250 g/mol. The Hall–Kier alpha value is -1.09. The second-order valence-electron chi connectivity index (χ2n) is 6.40. The van der Waals surface area contributed by atoms with Crippen LogP contribution in [-0.4, -0.2) is 18.0 Å². The summed E-state index contributed by atoms with van der Waals surface area (Å²) in [7, 11) is 0. The molecule has 2 nitrogen and oxygen atoms in total. The Bertz CT molecular complexity index is 423. The zero-order chi connectivity index (χ0) is 13.3. The molecule has 1 aromatic rings. The molecule has 0 spiro atoms. The van der Waals surface area contributed by atoms with Gasteiger partial charge in [0.2, 0.25) is 0 Å². The molecule has 1 atom stereocenters. The first kappa shape index (κ1) is 13.3. The molecule has 1 heterocycles. The van der Waals surface area contributed by atoms with E-state index in [4.69, 9.17) is 5.73 Å². The van der Waals surface area contributed by atoms with Gasteiger partial charge in [-0.25, -0.2) is 4.39 Å². The molecule has 1 saturated heterocycles. The first-order valence-corrected chi connectivity index (χ1v) is 6.63. The van der Waals surface area contributed by atoms with Crippen molar-refractivity contribution < 1.29 is 4.39 Å². The van der Waals surface area contributed by atoms with Gasteiger partial charge in [0.25, 0.3) is 0 Å². The van der Waals surface area contributed by atoms with Crippen molar-refractivity contribution in [2.75, 3.05) is 18.8 Å². The highest BCUT2D eigenvalue weighted by Crippen LogP contribution is 2.34. The van der Waals surface area contributed by atoms with Crippen molar-refractivity contribution in [3.8, 4) is 0 Å². The molecule has 1 fully saturated rings. The average molecular weight is 250 g/mol. The van der Waals surface area contributed by atoms with Crippen LogP contribution in [0.25, 0.3) is 0 Å². The number of anilines is 1. The number of halogens is 1. The second kappa shape index (κ2) is 4.88. The summed E-state index contributed by atoms with van der Waals surface area (Å²) in [6.45, 7) is 9.79. The van der Waals surface area contributed by atoms with Gasteiger partial charge in [0.1, 0.15) is 5.82 Å². The molecule has 0 radical (unpaired) electrons. The lowest BCUT2D eigenvalue weighted by atomic mass is 9.80. The molecule has 2 rings (SSSR count). The van der Waals surface area contributed by atoms with Crippen molar-refractivity contribution in [2.45, 2.75) is 33.7 Å². The third kappa shape index (κ3) is 2.83. The van der Waals surface area contributed by atoms with Gasteiger partial charge in [-0.3, -0.25) is 4.90 Å². The highest BCUT2D eigenvalue weighted by molar-refractivity contribution is 5.47. The highest BCUT2D eigenvalue weighted by Gasteiger charge is 2.31. The lowest BCUT2D eigenvalue weighted by Crippen LogP contribution is -2.26. The van der Waals surface area contributed by atoms with Crippen LogP contribution in [0.4, 0.5) is 10.1 Å². The summed E-state index contributed by atoms with van der Waals surface area (Å²) < 4.78 is 13.4. The molecule has 0 saturated carbocycles. The standard InChI is InChI=1S/C15H23FN2/c1-15(2,3)12-7-8-18(10-12)9-11-5-4-6-13(16)14(11)17/h4-6,12H,7-10,17H2,1-3H3. The minimum Gasteiger partial charge on any atom is -0.396 e. The Morgan fingerprint density at radius 2 is 2.11 bits per heavy atom. The van der Waals surface area contributed by atoms with Gasteiger partial charge in [0.15, 0.2) is 0 Å². The molecular formula is C15H23FN2. The maximum atomic E-state index is 13.4. The molecule has 3 heteroatoms. The summed E-state index contributed by atoms with van der Waals surface area (Å²) in [4.78, 5) is 2.38. The minimum absolute atomic E-state index is 0.303. The molecule has 2 N–H and O–H groups in total. The van der Waals surface area contributed by atoms with Crippen molar-refractivity contribution in [3.05, 3.63) is 29.6 Å². The zero-order valence-electron chi connectivity index (χ0n) is 11.5. The Balaban J connectivity index is 2.02. The SMILES string of the molecule is CC(C)(C)C1CCN(Cc2cccc(F)c2N)C1. The van der Waals surface area contributed by atoms with Gasteiger partial charge in [0.05, 0.1) is 5.69 Å². The van der Waals surface area contributed by atoms with Crippen molar-refractivity contribution in [3.63, 3.8) is 0 Å². The van der Waals surface area contributed by atoms with Crippen LogP contribution in [0, 0.1) is 17.2 Å². The number of rotatable bonds is 2. The van der Waals surface area contributed by atoms with Crippen LogP contribution >= 0.6 is 0 Å². The number of benzene rings is 1. The van der Waals surface area contributed by atoms with E-state index in [1.165, 1.54) is 12.5 Å². The van der Waals surface area contributed by atoms with E-state index in [2.05, 4.69) is 25.7 Å². The van der Waals surface area contributed by atoms with Gasteiger partial charge in [0, 0.05) is 13.1 Å². The molecular weight excluding hydrogens is 227 g/mol. The summed E-state index contributed by atoms with van der Waals surface area (Å²) in [6.07, 6.45) is 1.22. The number of nitrogens with zero attached hydrogens (tertiary/aromatic N) is 1. The Morgan fingerprint density at radius 3 is 2.72 bits per heavy atom. The number of hydrogen-bond donors (Lipinski definition) is 1. The summed E-state index contributed by atoms with van der Waals surface area (Å²) in [5.74, 6) is 0.409. The maximum Gasteiger partial charge on any atom is 0.146 e. The van der Waals surface area contributed by atoms with Gasteiger partial charge < -0.3 is 5.73 Å². The third-order valence-electron chi connectivity index (χ3n) is 4.03. The molecule has 1 aliphatic heterocycles. The van der Waals surface area contributed by atoms with Crippen LogP contribution in [0.15, 0.2) is 18.2 Å². The Labute approximate surface area is 109 Å². The number of hydrogen-bond acceptors (Lipinski definition) is 2. The van der Waals surface area contributed by atoms with Crippen LogP contribution in [0.3, 0.4) is 0 Å². The molecule has 0 aliphatic carbocycles. The van der Waals surface area contributed by atoms with E-state index in [1.54, 1.807) is 6.07 Å². The fourth-order valence-electron chi connectivity index (χ4n) is 2.64. The summed E-state index contributed by atoms with van der Waals surface area (Å²) >= 11 is 0. The fraction of sp³-hybridized carbons (Fsp3) is 0.600.